The molecule has 3 nitrogen and oxygen atoms in total. The summed E-state index contributed by atoms with van der Waals surface area (Å²) in [7, 11) is 0. The third-order valence-electron chi connectivity index (χ3n) is 5.88. The minimum Gasteiger partial charge on any atom is -0.390 e. The Hall–Kier alpha value is -2.46. The van der Waals surface area contributed by atoms with Crippen molar-refractivity contribution in [1.29, 1.82) is 0 Å². The van der Waals surface area contributed by atoms with Crippen LogP contribution in [0.3, 0.4) is 0 Å². The first-order valence-corrected chi connectivity index (χ1v) is 11.3. The Labute approximate surface area is 187 Å². The highest BCUT2D eigenvalue weighted by Gasteiger charge is 2.40. The minimum atomic E-state index is -0.825. The molecule has 0 radical (unpaired) electrons. The zero-order chi connectivity index (χ0) is 22.1. The van der Waals surface area contributed by atoms with Gasteiger partial charge in [-0.15, -0.1) is 0 Å². The Balaban J connectivity index is 1.87. The molecule has 164 valence electrons. The van der Waals surface area contributed by atoms with Gasteiger partial charge in [0.25, 0.3) is 0 Å². The molecule has 2 atom stereocenters. The number of rotatable bonds is 11. The maximum Gasteiger partial charge on any atom is 0.0962 e. The average Bonchev–Trinajstić information content (AvgIpc) is 2.78. The highest BCUT2D eigenvalue weighted by molar-refractivity contribution is 5.19. The van der Waals surface area contributed by atoms with E-state index < -0.39 is 11.8 Å². The molecule has 0 fully saturated rings. The van der Waals surface area contributed by atoms with Crippen molar-refractivity contribution in [2.75, 3.05) is 0 Å². The van der Waals surface area contributed by atoms with E-state index in [2.05, 4.69) is 79.4 Å². The molecule has 0 spiro atoms. The third kappa shape index (κ3) is 6.76. The number of aryl methyl sites for hydroxylation is 1. The number of aliphatic hydroxyl groups is 1. The topological polar surface area (TPSA) is 49.5 Å². The standard InChI is InChI=1S/C28H36N2O/c1-23(2)20-28(29,27(31)19-18-24-12-6-3-7-13-24)30(21-25-14-8-4-9-15-25)22-26-16-10-5-11-17-26/h3-17,23,27,31H,18-22,29H2,1-2H3/t27-,28+/m1/s1. The van der Waals surface area contributed by atoms with Crippen molar-refractivity contribution in [3.05, 3.63) is 108 Å². The van der Waals surface area contributed by atoms with Gasteiger partial charge in [-0.3, -0.25) is 4.90 Å². The average molecular weight is 417 g/mol. The monoisotopic (exact) mass is 416 g/mol. The van der Waals surface area contributed by atoms with Gasteiger partial charge in [0.1, 0.15) is 0 Å². The first-order valence-electron chi connectivity index (χ1n) is 11.3. The van der Waals surface area contributed by atoms with Crippen LogP contribution >= 0.6 is 0 Å². The van der Waals surface area contributed by atoms with Crippen LogP contribution in [0.4, 0.5) is 0 Å². The van der Waals surface area contributed by atoms with Crippen LogP contribution < -0.4 is 5.73 Å². The largest absolute Gasteiger partial charge is 0.390 e. The van der Waals surface area contributed by atoms with Gasteiger partial charge in [0, 0.05) is 13.1 Å². The van der Waals surface area contributed by atoms with Crippen LogP contribution in [0, 0.1) is 5.92 Å². The van der Waals surface area contributed by atoms with E-state index >= 15 is 0 Å². The van der Waals surface area contributed by atoms with Gasteiger partial charge >= 0.3 is 0 Å². The van der Waals surface area contributed by atoms with E-state index in [4.69, 9.17) is 5.73 Å². The molecule has 0 aliphatic heterocycles. The number of benzene rings is 3. The lowest BCUT2D eigenvalue weighted by atomic mass is 9.87. The minimum absolute atomic E-state index is 0.366. The number of aliphatic hydroxyl groups excluding tert-OH is 1. The quantitative estimate of drug-likeness (QED) is 0.412. The van der Waals surface area contributed by atoms with Crippen molar-refractivity contribution in [2.24, 2.45) is 11.7 Å². The Morgan fingerprint density at radius 1 is 0.742 bits per heavy atom. The van der Waals surface area contributed by atoms with Gasteiger partial charge in [0.15, 0.2) is 0 Å². The van der Waals surface area contributed by atoms with Crippen LogP contribution in [-0.4, -0.2) is 21.8 Å². The molecule has 0 bridgehead atoms. The summed E-state index contributed by atoms with van der Waals surface area (Å²) < 4.78 is 0. The number of nitrogens with zero attached hydrogens (tertiary/aromatic N) is 1. The molecule has 3 N–H and O–H groups in total. The fourth-order valence-electron chi connectivity index (χ4n) is 4.29. The second kappa shape index (κ2) is 11.2. The van der Waals surface area contributed by atoms with E-state index in [1.54, 1.807) is 0 Å². The summed E-state index contributed by atoms with van der Waals surface area (Å²) in [5.41, 5.74) is 9.93. The van der Waals surface area contributed by atoms with Crippen molar-refractivity contribution in [3.63, 3.8) is 0 Å². The zero-order valence-corrected chi connectivity index (χ0v) is 18.8. The maximum atomic E-state index is 11.4. The van der Waals surface area contributed by atoms with Crippen LogP contribution in [0.15, 0.2) is 91.0 Å². The first-order chi connectivity index (χ1) is 15.0. The van der Waals surface area contributed by atoms with Gasteiger partial charge < -0.3 is 10.8 Å². The lowest BCUT2D eigenvalue weighted by Crippen LogP contribution is -2.63. The van der Waals surface area contributed by atoms with E-state index in [-0.39, 0.29) is 0 Å². The molecule has 3 aromatic carbocycles. The van der Waals surface area contributed by atoms with Crippen LogP contribution in [0.5, 0.6) is 0 Å². The second-order valence-electron chi connectivity index (χ2n) is 8.96. The number of hydrogen-bond donors (Lipinski definition) is 2. The van der Waals surface area contributed by atoms with Gasteiger partial charge in [-0.25, -0.2) is 0 Å². The summed E-state index contributed by atoms with van der Waals surface area (Å²) in [4.78, 5) is 2.27. The predicted octanol–water partition coefficient (Wildman–Crippen LogP) is 5.38. The fraction of sp³-hybridized carbons (Fsp3) is 0.357. The number of nitrogens with two attached hydrogens (primary N) is 1. The smallest absolute Gasteiger partial charge is 0.0962 e. The van der Waals surface area contributed by atoms with E-state index in [1.165, 1.54) is 16.7 Å². The highest BCUT2D eigenvalue weighted by atomic mass is 16.3. The molecule has 0 saturated carbocycles. The van der Waals surface area contributed by atoms with Gasteiger partial charge in [-0.1, -0.05) is 105 Å². The molecule has 0 amide bonds. The van der Waals surface area contributed by atoms with Gasteiger partial charge in [-0.2, -0.15) is 0 Å². The summed E-state index contributed by atoms with van der Waals surface area (Å²) in [5.74, 6) is 0.366. The molecule has 0 saturated heterocycles. The van der Waals surface area contributed by atoms with Crippen LogP contribution in [0.1, 0.15) is 43.4 Å². The lowest BCUT2D eigenvalue weighted by molar-refractivity contribution is -0.0558. The maximum absolute atomic E-state index is 11.4. The molecular weight excluding hydrogens is 380 g/mol. The summed E-state index contributed by atoms with van der Waals surface area (Å²) in [6.07, 6.45) is 1.53. The zero-order valence-electron chi connectivity index (χ0n) is 18.8. The van der Waals surface area contributed by atoms with Crippen LogP contribution in [-0.2, 0) is 19.5 Å². The molecule has 3 rings (SSSR count). The second-order valence-corrected chi connectivity index (χ2v) is 8.96. The third-order valence-corrected chi connectivity index (χ3v) is 5.88. The van der Waals surface area contributed by atoms with E-state index in [9.17, 15) is 5.11 Å². The summed E-state index contributed by atoms with van der Waals surface area (Å²) in [5, 5.41) is 11.4. The molecule has 3 aromatic rings. The van der Waals surface area contributed by atoms with E-state index in [1.807, 2.05) is 30.3 Å². The Morgan fingerprint density at radius 2 is 1.16 bits per heavy atom. The normalized spacial score (nSPS) is 14.5. The van der Waals surface area contributed by atoms with E-state index in [0.29, 0.717) is 25.4 Å². The Kier molecular flexibility index (Phi) is 8.42. The Bertz CT molecular complexity index is 841. The van der Waals surface area contributed by atoms with Crippen molar-refractivity contribution < 1.29 is 5.11 Å². The van der Waals surface area contributed by atoms with Gasteiger partial charge in [-0.05, 0) is 41.9 Å². The fourth-order valence-corrected chi connectivity index (χ4v) is 4.29. The SMILES string of the molecule is CC(C)C[C@@](N)([C@H](O)CCc1ccccc1)N(Cc1ccccc1)Cc1ccccc1. The molecule has 0 aromatic heterocycles. The summed E-state index contributed by atoms with van der Waals surface area (Å²) in [6.45, 7) is 5.74. The first kappa shape index (κ1) is 23.2. The van der Waals surface area contributed by atoms with Gasteiger partial charge in [0.05, 0.1) is 11.8 Å². The van der Waals surface area contributed by atoms with Crippen LogP contribution in [0.2, 0.25) is 0 Å². The summed E-state index contributed by atoms with van der Waals surface area (Å²) in [6, 6.07) is 31.1. The van der Waals surface area contributed by atoms with Crippen molar-refractivity contribution >= 4 is 0 Å². The van der Waals surface area contributed by atoms with Gasteiger partial charge in [0.2, 0.25) is 0 Å². The van der Waals surface area contributed by atoms with Crippen molar-refractivity contribution in [3.8, 4) is 0 Å². The molecule has 0 unspecified atom stereocenters. The van der Waals surface area contributed by atoms with Crippen LogP contribution in [0.25, 0.3) is 0 Å². The molecule has 0 heterocycles. The number of hydrogen-bond acceptors (Lipinski definition) is 3. The summed E-state index contributed by atoms with van der Waals surface area (Å²) >= 11 is 0. The molecule has 3 heteroatoms. The molecule has 0 aliphatic rings. The predicted molar refractivity (Wildman–Crippen MR) is 129 cm³/mol. The van der Waals surface area contributed by atoms with E-state index in [0.717, 1.165) is 12.8 Å². The highest BCUT2D eigenvalue weighted by Crippen LogP contribution is 2.29. The van der Waals surface area contributed by atoms with Crippen molar-refractivity contribution in [2.45, 2.75) is 58.0 Å². The lowest BCUT2D eigenvalue weighted by Gasteiger charge is -2.45. The van der Waals surface area contributed by atoms with Crippen molar-refractivity contribution in [1.82, 2.24) is 4.90 Å². The molecule has 0 aliphatic carbocycles. The Morgan fingerprint density at radius 3 is 1.58 bits per heavy atom. The molecular formula is C28H36N2O. The molecule has 31 heavy (non-hydrogen) atoms.